The zero-order chi connectivity index (χ0) is 33.9. The molecule has 4 aromatic rings. The van der Waals surface area contributed by atoms with E-state index in [2.05, 4.69) is 15.6 Å². The number of amides is 2. The van der Waals surface area contributed by atoms with Gasteiger partial charge >= 0.3 is 12.1 Å². The van der Waals surface area contributed by atoms with E-state index in [1.54, 1.807) is 63.0 Å². The molecule has 2 N–H and O–H groups in total. The molecule has 3 aliphatic rings. The molecular formula is C35H35FN6O6. The van der Waals surface area contributed by atoms with Gasteiger partial charge in [-0.05, 0) is 68.1 Å². The number of aryl methyl sites for hydroxylation is 1. The summed E-state index contributed by atoms with van der Waals surface area (Å²) in [6, 6.07) is 7.69. The van der Waals surface area contributed by atoms with E-state index < -0.39 is 35.1 Å². The van der Waals surface area contributed by atoms with Crippen LogP contribution in [0.25, 0.3) is 22.3 Å². The maximum Gasteiger partial charge on any atom is 0.411 e. The van der Waals surface area contributed by atoms with E-state index in [0.29, 0.717) is 48.4 Å². The molecule has 48 heavy (non-hydrogen) atoms. The van der Waals surface area contributed by atoms with Crippen molar-refractivity contribution < 1.29 is 28.2 Å². The Morgan fingerprint density at radius 1 is 1.21 bits per heavy atom. The van der Waals surface area contributed by atoms with Crippen molar-refractivity contribution in [2.24, 2.45) is 0 Å². The standard InChI is InChI=1S/C35H35FN6O6/c1-5-35(48-34(46)41(4)13-12-37-3)22-14-27-30-20(16-42(27)32(44)21(22)17-47-33(35)45)29-24(40-31(43)25-8-6-7-11-38-25)10-9-19-18(2)23(36)15-26(39-30)28(19)29/h6-8,11,14-15,24,37H,5,9-10,12-13,16-17H2,1-4H3,(H,40,43)/t24-,35-/m1/s1. The van der Waals surface area contributed by atoms with E-state index in [1.807, 2.05) is 0 Å². The number of aromatic nitrogens is 3. The van der Waals surface area contributed by atoms with Crippen molar-refractivity contribution in [1.82, 2.24) is 30.1 Å². The van der Waals surface area contributed by atoms with Crippen LogP contribution in [-0.4, -0.2) is 64.6 Å². The van der Waals surface area contributed by atoms with Crippen LogP contribution >= 0.6 is 0 Å². The molecule has 2 atom stereocenters. The largest absolute Gasteiger partial charge is 0.457 e. The lowest BCUT2D eigenvalue weighted by Gasteiger charge is -2.36. The molecule has 0 radical (unpaired) electrons. The molecule has 5 heterocycles. The second kappa shape index (κ2) is 11.8. The Morgan fingerprint density at radius 3 is 2.75 bits per heavy atom. The Morgan fingerprint density at radius 2 is 2.02 bits per heavy atom. The van der Waals surface area contributed by atoms with E-state index in [4.69, 9.17) is 14.5 Å². The lowest BCUT2D eigenvalue weighted by Crippen LogP contribution is -2.49. The monoisotopic (exact) mass is 654 g/mol. The fraction of sp³-hybridized carbons (Fsp3) is 0.371. The highest BCUT2D eigenvalue weighted by atomic mass is 19.1. The second-order valence-corrected chi connectivity index (χ2v) is 12.5. The van der Waals surface area contributed by atoms with Gasteiger partial charge in [0.25, 0.3) is 11.5 Å². The van der Waals surface area contributed by atoms with Gasteiger partial charge in [-0.15, -0.1) is 0 Å². The summed E-state index contributed by atoms with van der Waals surface area (Å²) in [5, 5.41) is 6.86. The Bertz CT molecular complexity index is 2080. The molecule has 248 valence electrons. The highest BCUT2D eigenvalue weighted by molar-refractivity contribution is 5.96. The fourth-order valence-corrected chi connectivity index (χ4v) is 7.18. The Hall–Kier alpha value is -5.17. The van der Waals surface area contributed by atoms with Crippen LogP contribution in [-0.2, 0) is 39.4 Å². The minimum Gasteiger partial charge on any atom is -0.457 e. The number of benzene rings is 1. The average Bonchev–Trinajstić information content (AvgIpc) is 3.46. The van der Waals surface area contributed by atoms with Crippen LogP contribution in [0.2, 0.25) is 0 Å². The molecular weight excluding hydrogens is 619 g/mol. The van der Waals surface area contributed by atoms with Crippen LogP contribution in [0.15, 0.2) is 41.3 Å². The number of pyridine rings is 3. The van der Waals surface area contributed by atoms with Gasteiger partial charge in [0, 0.05) is 48.9 Å². The Kier molecular flexibility index (Phi) is 7.74. The molecule has 13 heteroatoms. The molecule has 0 saturated carbocycles. The maximum absolute atomic E-state index is 15.3. The minimum absolute atomic E-state index is 0.0199. The van der Waals surface area contributed by atoms with Crippen LogP contribution in [0, 0.1) is 12.7 Å². The summed E-state index contributed by atoms with van der Waals surface area (Å²) in [5.41, 5.74) is 2.52. The van der Waals surface area contributed by atoms with E-state index in [0.717, 1.165) is 22.1 Å². The third kappa shape index (κ3) is 4.75. The number of esters is 1. The topological polar surface area (TPSA) is 145 Å². The first-order valence-corrected chi connectivity index (χ1v) is 16.0. The molecule has 0 spiro atoms. The van der Waals surface area contributed by atoms with E-state index in [-0.39, 0.29) is 42.3 Å². The fourth-order valence-electron chi connectivity index (χ4n) is 7.18. The van der Waals surface area contributed by atoms with Crippen LogP contribution in [0.3, 0.4) is 0 Å². The first-order valence-electron chi connectivity index (χ1n) is 16.0. The number of cyclic esters (lactones) is 1. The number of carbonyl (C=O) groups is 3. The highest BCUT2D eigenvalue weighted by Gasteiger charge is 2.51. The minimum atomic E-state index is -1.86. The summed E-state index contributed by atoms with van der Waals surface area (Å²) in [5.74, 6) is -1.51. The summed E-state index contributed by atoms with van der Waals surface area (Å²) in [4.78, 5) is 64.7. The number of likely N-dealkylation sites (N-methyl/N-ethyl adjacent to an activating group) is 2. The van der Waals surface area contributed by atoms with E-state index in [1.165, 1.54) is 11.0 Å². The molecule has 1 aliphatic carbocycles. The van der Waals surface area contributed by atoms with Crippen molar-refractivity contribution in [3.63, 3.8) is 0 Å². The van der Waals surface area contributed by atoms with Crippen molar-refractivity contribution in [3.8, 4) is 11.4 Å². The molecule has 2 aliphatic heterocycles. The van der Waals surface area contributed by atoms with Crippen molar-refractivity contribution in [1.29, 1.82) is 0 Å². The molecule has 0 saturated heterocycles. The average molecular weight is 655 g/mol. The SMILES string of the molecule is CC[C@]1(OC(=O)N(C)CCNC)C(=O)OCc2c1cc1n(c2=O)Cc2c-1nc1cc(F)c(C)c3c1c2[C@H](NC(=O)c1ccccn1)CC3. The molecule has 3 aromatic heterocycles. The van der Waals surface area contributed by atoms with Crippen molar-refractivity contribution in [3.05, 3.63) is 91.8 Å². The second-order valence-electron chi connectivity index (χ2n) is 12.5. The van der Waals surface area contributed by atoms with Crippen molar-refractivity contribution >= 4 is 28.9 Å². The van der Waals surface area contributed by atoms with Crippen LogP contribution in [0.1, 0.15) is 69.7 Å². The first-order chi connectivity index (χ1) is 23.1. The molecule has 0 fully saturated rings. The Balaban J connectivity index is 1.40. The molecule has 0 unspecified atom stereocenters. The number of rotatable bonds is 7. The normalized spacial score (nSPS) is 18.9. The van der Waals surface area contributed by atoms with Gasteiger partial charge in [0.15, 0.2) is 0 Å². The summed E-state index contributed by atoms with van der Waals surface area (Å²) in [7, 11) is 3.32. The molecule has 12 nitrogen and oxygen atoms in total. The lowest BCUT2D eigenvalue weighted by atomic mass is 9.81. The first kappa shape index (κ1) is 31.4. The van der Waals surface area contributed by atoms with Crippen LogP contribution in [0.5, 0.6) is 0 Å². The summed E-state index contributed by atoms with van der Waals surface area (Å²) >= 11 is 0. The van der Waals surface area contributed by atoms with E-state index in [9.17, 15) is 19.2 Å². The van der Waals surface area contributed by atoms with Gasteiger partial charge in [0.05, 0.1) is 35.1 Å². The van der Waals surface area contributed by atoms with Gasteiger partial charge in [0.2, 0.25) is 5.60 Å². The molecule has 2 amide bonds. The number of carbonyl (C=O) groups excluding carboxylic acids is 3. The highest BCUT2D eigenvalue weighted by Crippen LogP contribution is 2.46. The summed E-state index contributed by atoms with van der Waals surface area (Å²) < 4.78 is 28.2. The summed E-state index contributed by atoms with van der Waals surface area (Å²) in [6.45, 7) is 4.11. The number of hydrogen-bond donors (Lipinski definition) is 2. The van der Waals surface area contributed by atoms with Gasteiger partial charge in [-0.2, -0.15) is 0 Å². The number of fused-ring (bicyclic) bond motifs is 5. The molecule has 1 aromatic carbocycles. The lowest BCUT2D eigenvalue weighted by molar-refractivity contribution is -0.173. The number of ether oxygens (including phenoxy) is 2. The molecule has 7 rings (SSSR count). The predicted octanol–water partition coefficient (Wildman–Crippen LogP) is 3.63. The number of halogens is 1. The zero-order valence-corrected chi connectivity index (χ0v) is 27.1. The zero-order valence-electron chi connectivity index (χ0n) is 27.1. The van der Waals surface area contributed by atoms with Gasteiger partial charge in [-0.3, -0.25) is 14.6 Å². The third-order valence-electron chi connectivity index (χ3n) is 9.82. The van der Waals surface area contributed by atoms with Gasteiger partial charge in [-0.1, -0.05) is 13.0 Å². The predicted molar refractivity (Wildman–Crippen MR) is 173 cm³/mol. The van der Waals surface area contributed by atoms with Crippen molar-refractivity contribution in [2.75, 3.05) is 27.2 Å². The van der Waals surface area contributed by atoms with Crippen LogP contribution < -0.4 is 16.2 Å². The number of hydrogen-bond acceptors (Lipinski definition) is 9. The maximum atomic E-state index is 15.3. The Labute approximate surface area is 275 Å². The smallest absolute Gasteiger partial charge is 0.411 e. The third-order valence-corrected chi connectivity index (χ3v) is 9.82. The number of nitrogens with one attached hydrogen (secondary N) is 2. The van der Waals surface area contributed by atoms with Gasteiger partial charge in [0.1, 0.15) is 18.1 Å². The van der Waals surface area contributed by atoms with E-state index >= 15 is 4.39 Å². The molecule has 0 bridgehead atoms. The van der Waals surface area contributed by atoms with Gasteiger partial charge in [-0.25, -0.2) is 19.0 Å². The quantitative estimate of drug-likeness (QED) is 0.251. The number of nitrogens with zero attached hydrogens (tertiary/aromatic N) is 4. The van der Waals surface area contributed by atoms with Gasteiger partial charge < -0.3 is 29.6 Å². The van der Waals surface area contributed by atoms with Crippen molar-refractivity contribution in [2.45, 2.75) is 57.9 Å². The van der Waals surface area contributed by atoms with Crippen LogP contribution in [0.4, 0.5) is 9.18 Å². The summed E-state index contributed by atoms with van der Waals surface area (Å²) in [6.07, 6.45) is 1.85.